The van der Waals surface area contributed by atoms with E-state index in [1.807, 2.05) is 23.1 Å². The maximum atomic E-state index is 13.1. The molecule has 1 atom stereocenters. The normalized spacial score (nSPS) is 19.3. The first-order valence-electron chi connectivity index (χ1n) is 9.44. The van der Waals surface area contributed by atoms with E-state index in [9.17, 15) is 13.2 Å². The van der Waals surface area contributed by atoms with Gasteiger partial charge in [-0.3, -0.25) is 4.79 Å². The van der Waals surface area contributed by atoms with Crippen molar-refractivity contribution in [3.05, 3.63) is 53.6 Å². The second-order valence-corrected chi connectivity index (χ2v) is 9.23. The highest BCUT2D eigenvalue weighted by atomic mass is 32.2. The zero-order chi connectivity index (χ0) is 19.7. The van der Waals surface area contributed by atoms with Gasteiger partial charge in [-0.15, -0.1) is 0 Å². The molecule has 2 aromatic rings. The first-order valence-corrected chi connectivity index (χ1v) is 11.3. The lowest BCUT2D eigenvalue weighted by Crippen LogP contribution is -2.30. The van der Waals surface area contributed by atoms with E-state index < -0.39 is 9.84 Å². The van der Waals surface area contributed by atoms with Crippen LogP contribution >= 0.6 is 0 Å². The zero-order valence-corrected chi connectivity index (χ0v) is 16.6. The molecule has 6 nitrogen and oxygen atoms in total. The molecule has 148 valence electrons. The van der Waals surface area contributed by atoms with Gasteiger partial charge in [0.05, 0.1) is 24.2 Å². The Morgan fingerprint density at radius 2 is 1.71 bits per heavy atom. The lowest BCUT2D eigenvalue weighted by molar-refractivity contribution is 0.0735. The van der Waals surface area contributed by atoms with Crippen LogP contribution in [0.4, 0.5) is 0 Å². The van der Waals surface area contributed by atoms with Gasteiger partial charge in [-0.05, 0) is 54.8 Å². The van der Waals surface area contributed by atoms with Crippen LogP contribution in [0.15, 0.2) is 47.4 Å². The number of nitrogens with zero attached hydrogens (tertiary/aromatic N) is 1. The van der Waals surface area contributed by atoms with Gasteiger partial charge in [0.1, 0.15) is 0 Å². The first kappa shape index (κ1) is 18.8. The van der Waals surface area contributed by atoms with Crippen molar-refractivity contribution in [3.8, 4) is 11.5 Å². The summed E-state index contributed by atoms with van der Waals surface area (Å²) >= 11 is 0. The summed E-state index contributed by atoms with van der Waals surface area (Å²) in [6.45, 7) is 1.94. The highest BCUT2D eigenvalue weighted by Crippen LogP contribution is 2.38. The van der Waals surface area contributed by atoms with E-state index in [-0.39, 0.29) is 16.8 Å². The minimum Gasteiger partial charge on any atom is -0.490 e. The number of carbonyl (C=O) groups excluding carboxylic acids is 1. The molecule has 2 aliphatic rings. The minimum absolute atomic E-state index is 0.0285. The number of benzene rings is 2. The molecule has 2 aromatic carbocycles. The predicted octanol–water partition coefficient (Wildman–Crippen LogP) is 3.23. The number of ether oxygens (including phenoxy) is 2. The fourth-order valence-corrected chi connectivity index (χ4v) is 4.38. The van der Waals surface area contributed by atoms with Gasteiger partial charge in [0, 0.05) is 24.8 Å². The zero-order valence-electron chi connectivity index (χ0n) is 15.8. The van der Waals surface area contributed by atoms with Crippen LogP contribution in [0, 0.1) is 0 Å². The summed E-state index contributed by atoms with van der Waals surface area (Å²) in [5.41, 5.74) is 1.52. The predicted molar refractivity (Wildman–Crippen MR) is 105 cm³/mol. The van der Waals surface area contributed by atoms with Gasteiger partial charge in [-0.25, -0.2) is 8.42 Å². The number of likely N-dealkylation sites (tertiary alicyclic amines) is 1. The van der Waals surface area contributed by atoms with E-state index in [0.717, 1.165) is 42.6 Å². The molecule has 0 N–H and O–H groups in total. The fraction of sp³-hybridized carbons (Fsp3) is 0.381. The Labute approximate surface area is 165 Å². The van der Waals surface area contributed by atoms with Crippen LogP contribution in [0.1, 0.15) is 41.2 Å². The van der Waals surface area contributed by atoms with Gasteiger partial charge in [0.2, 0.25) is 0 Å². The summed E-state index contributed by atoms with van der Waals surface area (Å²) < 4.78 is 34.7. The van der Waals surface area contributed by atoms with Gasteiger partial charge in [-0.1, -0.05) is 6.07 Å². The number of carbonyl (C=O) groups is 1. The Bertz CT molecular complexity index is 984. The minimum atomic E-state index is -3.28. The van der Waals surface area contributed by atoms with Gasteiger partial charge >= 0.3 is 0 Å². The van der Waals surface area contributed by atoms with Crippen LogP contribution in [0.3, 0.4) is 0 Å². The van der Waals surface area contributed by atoms with E-state index in [1.54, 1.807) is 12.1 Å². The molecular formula is C21H23NO5S. The number of hydrogen-bond donors (Lipinski definition) is 0. The van der Waals surface area contributed by atoms with Crippen molar-refractivity contribution in [2.75, 3.05) is 26.0 Å². The summed E-state index contributed by atoms with van der Waals surface area (Å²) in [5.74, 6) is 1.38. The molecule has 0 spiro atoms. The quantitative estimate of drug-likeness (QED) is 0.790. The van der Waals surface area contributed by atoms with E-state index in [0.29, 0.717) is 25.3 Å². The summed E-state index contributed by atoms with van der Waals surface area (Å²) in [6, 6.07) is 12.0. The second-order valence-electron chi connectivity index (χ2n) is 7.21. The monoisotopic (exact) mass is 401 g/mol. The van der Waals surface area contributed by atoms with Gasteiger partial charge < -0.3 is 14.4 Å². The number of rotatable bonds is 3. The average molecular weight is 401 g/mol. The Hall–Kier alpha value is -2.54. The Balaban J connectivity index is 1.58. The van der Waals surface area contributed by atoms with Crippen LogP contribution in [0.5, 0.6) is 11.5 Å². The van der Waals surface area contributed by atoms with Crippen molar-refractivity contribution in [2.45, 2.75) is 30.2 Å². The van der Waals surface area contributed by atoms with Gasteiger partial charge in [0.25, 0.3) is 5.91 Å². The maximum absolute atomic E-state index is 13.1. The van der Waals surface area contributed by atoms with Crippen LogP contribution < -0.4 is 9.47 Å². The summed E-state index contributed by atoms with van der Waals surface area (Å²) in [4.78, 5) is 15.1. The van der Waals surface area contributed by atoms with Crippen LogP contribution in [0.25, 0.3) is 0 Å². The third-order valence-electron chi connectivity index (χ3n) is 5.20. The summed E-state index contributed by atoms with van der Waals surface area (Å²) in [7, 11) is -3.28. The molecule has 0 aliphatic carbocycles. The Morgan fingerprint density at radius 1 is 1.00 bits per heavy atom. The number of hydrogen-bond acceptors (Lipinski definition) is 5. The maximum Gasteiger partial charge on any atom is 0.254 e. The van der Waals surface area contributed by atoms with E-state index in [4.69, 9.17) is 9.47 Å². The molecule has 0 aromatic heterocycles. The van der Waals surface area contributed by atoms with Crippen LogP contribution in [-0.4, -0.2) is 45.2 Å². The lowest BCUT2D eigenvalue weighted by Gasteiger charge is -2.26. The molecule has 0 unspecified atom stereocenters. The first-order chi connectivity index (χ1) is 13.4. The molecule has 2 heterocycles. The highest BCUT2D eigenvalue weighted by molar-refractivity contribution is 7.90. The molecule has 0 saturated carbocycles. The number of sulfone groups is 1. The lowest BCUT2D eigenvalue weighted by atomic mass is 10.0. The third kappa shape index (κ3) is 3.71. The second kappa shape index (κ2) is 7.47. The van der Waals surface area contributed by atoms with E-state index in [1.165, 1.54) is 12.1 Å². The van der Waals surface area contributed by atoms with Crippen LogP contribution in [-0.2, 0) is 9.84 Å². The van der Waals surface area contributed by atoms with Crippen molar-refractivity contribution in [3.63, 3.8) is 0 Å². The fourth-order valence-electron chi connectivity index (χ4n) is 3.75. The molecule has 4 rings (SSSR count). The van der Waals surface area contributed by atoms with E-state index >= 15 is 0 Å². The Morgan fingerprint density at radius 3 is 2.43 bits per heavy atom. The molecule has 2 aliphatic heterocycles. The smallest absolute Gasteiger partial charge is 0.254 e. The summed E-state index contributed by atoms with van der Waals surface area (Å²) in [5, 5.41) is 0. The standard InChI is InChI=1S/C21H23NO5S/c1-28(24,25)17-8-5-15(6-9-17)21(23)22-11-2-4-18(22)16-7-10-19-20(14-16)27-13-3-12-26-19/h5-10,14,18H,2-4,11-13H2,1H3/t18-/m1/s1. The molecular weight excluding hydrogens is 378 g/mol. The third-order valence-corrected chi connectivity index (χ3v) is 6.33. The Kier molecular flexibility index (Phi) is 5.02. The van der Waals surface area contributed by atoms with Crippen molar-refractivity contribution in [2.24, 2.45) is 0 Å². The molecule has 0 radical (unpaired) electrons. The largest absolute Gasteiger partial charge is 0.490 e. The number of fused-ring (bicyclic) bond motifs is 1. The van der Waals surface area contributed by atoms with Crippen molar-refractivity contribution >= 4 is 15.7 Å². The SMILES string of the molecule is CS(=O)(=O)c1ccc(C(=O)N2CCC[C@@H]2c2ccc3c(c2)OCCCO3)cc1. The molecule has 1 saturated heterocycles. The molecule has 7 heteroatoms. The van der Waals surface area contributed by atoms with Gasteiger partial charge in [-0.2, -0.15) is 0 Å². The molecule has 1 fully saturated rings. The van der Waals surface area contributed by atoms with Crippen molar-refractivity contribution in [1.29, 1.82) is 0 Å². The van der Waals surface area contributed by atoms with Crippen molar-refractivity contribution < 1.29 is 22.7 Å². The van der Waals surface area contributed by atoms with E-state index in [2.05, 4.69) is 0 Å². The molecule has 28 heavy (non-hydrogen) atoms. The van der Waals surface area contributed by atoms with Crippen LogP contribution in [0.2, 0.25) is 0 Å². The topological polar surface area (TPSA) is 72.9 Å². The molecule has 1 amide bonds. The van der Waals surface area contributed by atoms with Crippen molar-refractivity contribution in [1.82, 2.24) is 4.90 Å². The average Bonchev–Trinajstić information content (AvgIpc) is 3.05. The molecule has 0 bridgehead atoms. The number of amides is 1. The highest BCUT2D eigenvalue weighted by Gasteiger charge is 2.31. The summed E-state index contributed by atoms with van der Waals surface area (Å²) in [6.07, 6.45) is 3.81. The van der Waals surface area contributed by atoms with Gasteiger partial charge in [0.15, 0.2) is 21.3 Å².